The zero-order chi connectivity index (χ0) is 26.2. The fourth-order valence-corrected chi connectivity index (χ4v) is 4.38. The third-order valence-corrected chi connectivity index (χ3v) is 6.32. The van der Waals surface area contributed by atoms with Crippen molar-refractivity contribution in [1.29, 1.82) is 0 Å². The average Bonchev–Trinajstić information content (AvgIpc) is 3.53. The van der Waals surface area contributed by atoms with E-state index in [4.69, 9.17) is 8.83 Å². The molecule has 0 amide bonds. The van der Waals surface area contributed by atoms with Crippen LogP contribution in [0.25, 0.3) is 21.9 Å². The van der Waals surface area contributed by atoms with Crippen molar-refractivity contribution in [3.8, 4) is 0 Å². The van der Waals surface area contributed by atoms with Gasteiger partial charge in [0.05, 0.1) is 24.5 Å². The largest absolute Gasteiger partial charge is 0.460 e. The number of carbonyl (C=O) groups excluding carboxylic acids is 2. The minimum atomic E-state index is -0.189. The Bertz CT molecular complexity index is 1300. The van der Waals surface area contributed by atoms with Crippen LogP contribution in [0.15, 0.2) is 93.0 Å². The first kappa shape index (κ1) is 25.5. The van der Waals surface area contributed by atoms with Gasteiger partial charge in [0.2, 0.25) is 11.6 Å². The standard InChI is InChI=1S/C30H32N4O4/c35-27-18-26(34-14-6-12-32-20-24-16-22-8-2-4-10-30(22)38-24)28(36)17-25(27)33-13-5-11-31-19-23-15-21-7-1-3-9-29(21)37-23/h1-4,7-10,15-18,31-34H,5-6,11-14,19-20H2. The highest BCUT2D eigenvalue weighted by molar-refractivity contribution is 6.19. The van der Waals surface area contributed by atoms with E-state index in [0.717, 1.165) is 59.4 Å². The van der Waals surface area contributed by atoms with Crippen LogP contribution in [0, 0.1) is 0 Å². The van der Waals surface area contributed by atoms with Crippen molar-refractivity contribution in [1.82, 2.24) is 21.3 Å². The predicted octanol–water partition coefficient (Wildman–Crippen LogP) is 3.94. The Morgan fingerprint density at radius 3 is 1.47 bits per heavy atom. The van der Waals surface area contributed by atoms with E-state index in [9.17, 15) is 9.59 Å². The van der Waals surface area contributed by atoms with Crippen molar-refractivity contribution in [2.75, 3.05) is 26.2 Å². The summed E-state index contributed by atoms with van der Waals surface area (Å²) in [6.07, 6.45) is 4.36. The Kier molecular flexibility index (Phi) is 8.32. The topological polar surface area (TPSA) is 109 Å². The molecule has 0 fully saturated rings. The van der Waals surface area contributed by atoms with Crippen LogP contribution >= 0.6 is 0 Å². The van der Waals surface area contributed by atoms with E-state index in [0.29, 0.717) is 37.6 Å². The first-order valence-corrected chi connectivity index (χ1v) is 13.0. The minimum Gasteiger partial charge on any atom is -0.460 e. The molecule has 1 aliphatic rings. The number of carbonyl (C=O) groups is 2. The minimum absolute atomic E-state index is 0.189. The second-order valence-corrected chi connectivity index (χ2v) is 9.26. The zero-order valence-electron chi connectivity index (χ0n) is 21.2. The van der Waals surface area contributed by atoms with Gasteiger partial charge < -0.3 is 30.1 Å². The number of benzene rings is 2. The number of hydrogen-bond acceptors (Lipinski definition) is 8. The summed E-state index contributed by atoms with van der Waals surface area (Å²) in [5.41, 5.74) is 2.45. The lowest BCUT2D eigenvalue weighted by molar-refractivity contribution is -0.115. The van der Waals surface area contributed by atoms with Crippen molar-refractivity contribution in [2.24, 2.45) is 0 Å². The Morgan fingerprint density at radius 2 is 1.03 bits per heavy atom. The summed E-state index contributed by atoms with van der Waals surface area (Å²) in [6.45, 7) is 3.97. The highest BCUT2D eigenvalue weighted by Crippen LogP contribution is 2.19. The average molecular weight is 513 g/mol. The maximum absolute atomic E-state index is 12.5. The van der Waals surface area contributed by atoms with Crippen LogP contribution in [0.4, 0.5) is 0 Å². The molecule has 2 aromatic heterocycles. The third-order valence-electron chi connectivity index (χ3n) is 6.32. The van der Waals surface area contributed by atoms with Crippen molar-refractivity contribution in [2.45, 2.75) is 25.9 Å². The summed E-state index contributed by atoms with van der Waals surface area (Å²) in [4.78, 5) is 24.9. The number of ketones is 2. The van der Waals surface area contributed by atoms with E-state index in [1.807, 2.05) is 60.7 Å². The predicted molar refractivity (Wildman–Crippen MR) is 147 cm³/mol. The van der Waals surface area contributed by atoms with Crippen LogP contribution in [-0.4, -0.2) is 37.7 Å². The highest BCUT2D eigenvalue weighted by Gasteiger charge is 2.19. The molecule has 8 nitrogen and oxygen atoms in total. The maximum atomic E-state index is 12.5. The molecule has 8 heteroatoms. The molecule has 4 aromatic rings. The lowest BCUT2D eigenvalue weighted by Gasteiger charge is -2.15. The molecule has 2 heterocycles. The van der Waals surface area contributed by atoms with Crippen molar-refractivity contribution in [3.05, 3.63) is 95.7 Å². The van der Waals surface area contributed by atoms with Gasteiger partial charge in [-0.15, -0.1) is 0 Å². The molecule has 0 aliphatic heterocycles. The van der Waals surface area contributed by atoms with Gasteiger partial charge in [0.15, 0.2) is 0 Å². The van der Waals surface area contributed by atoms with Crippen LogP contribution in [-0.2, 0) is 22.7 Å². The number of rotatable bonds is 14. The molecule has 0 saturated carbocycles. The summed E-state index contributed by atoms with van der Waals surface area (Å²) in [5.74, 6) is 1.40. The van der Waals surface area contributed by atoms with Gasteiger partial charge in [-0.25, -0.2) is 0 Å². The van der Waals surface area contributed by atoms with E-state index >= 15 is 0 Å². The van der Waals surface area contributed by atoms with Gasteiger partial charge in [0.1, 0.15) is 22.7 Å². The number of fused-ring (bicyclic) bond motifs is 2. The molecule has 0 bridgehead atoms. The Labute approximate surface area is 221 Å². The smallest absolute Gasteiger partial charge is 0.203 e. The van der Waals surface area contributed by atoms with Gasteiger partial charge in [-0.1, -0.05) is 36.4 Å². The van der Waals surface area contributed by atoms with Crippen LogP contribution in [0.2, 0.25) is 0 Å². The SMILES string of the molecule is O=C1C=C(NCCCNCc2cc3ccccc3o2)C(=O)C=C1NCCCNCc1cc2ccccc2o1. The lowest BCUT2D eigenvalue weighted by Crippen LogP contribution is -2.31. The summed E-state index contributed by atoms with van der Waals surface area (Å²) in [6, 6.07) is 19.9. The van der Waals surface area contributed by atoms with Crippen LogP contribution in [0.5, 0.6) is 0 Å². The normalized spacial score (nSPS) is 13.7. The number of para-hydroxylation sites is 2. The van der Waals surface area contributed by atoms with Crippen molar-refractivity contribution >= 4 is 33.5 Å². The van der Waals surface area contributed by atoms with Gasteiger partial charge in [-0.05, 0) is 50.2 Å². The van der Waals surface area contributed by atoms with E-state index in [2.05, 4.69) is 21.3 Å². The third kappa shape index (κ3) is 6.59. The lowest BCUT2D eigenvalue weighted by atomic mass is 10.1. The first-order chi connectivity index (χ1) is 18.7. The van der Waals surface area contributed by atoms with Gasteiger partial charge in [0.25, 0.3) is 0 Å². The van der Waals surface area contributed by atoms with E-state index in [1.165, 1.54) is 12.2 Å². The Balaban J connectivity index is 0.945. The molecule has 196 valence electrons. The molecule has 0 atom stereocenters. The van der Waals surface area contributed by atoms with Gasteiger partial charge in [0, 0.05) is 36.0 Å². The fraction of sp³-hybridized carbons (Fsp3) is 0.267. The summed E-state index contributed by atoms with van der Waals surface area (Å²) in [7, 11) is 0. The Hall–Kier alpha value is -4.14. The molecule has 2 aromatic carbocycles. The highest BCUT2D eigenvalue weighted by atomic mass is 16.3. The molecule has 0 radical (unpaired) electrons. The van der Waals surface area contributed by atoms with E-state index < -0.39 is 0 Å². The van der Waals surface area contributed by atoms with Crippen molar-refractivity contribution < 1.29 is 18.4 Å². The second kappa shape index (κ2) is 12.4. The zero-order valence-corrected chi connectivity index (χ0v) is 21.2. The molecular formula is C30H32N4O4. The van der Waals surface area contributed by atoms with E-state index in [1.54, 1.807) is 0 Å². The molecule has 0 spiro atoms. The van der Waals surface area contributed by atoms with E-state index in [-0.39, 0.29) is 11.6 Å². The van der Waals surface area contributed by atoms with Gasteiger partial charge >= 0.3 is 0 Å². The molecule has 0 saturated heterocycles. The maximum Gasteiger partial charge on any atom is 0.203 e. The second-order valence-electron chi connectivity index (χ2n) is 9.26. The van der Waals surface area contributed by atoms with Gasteiger partial charge in [-0.2, -0.15) is 0 Å². The molecule has 38 heavy (non-hydrogen) atoms. The van der Waals surface area contributed by atoms with Gasteiger partial charge in [-0.3, -0.25) is 9.59 Å². The molecule has 0 unspecified atom stereocenters. The number of furan rings is 2. The molecule has 5 rings (SSSR count). The monoisotopic (exact) mass is 512 g/mol. The molecule has 4 N–H and O–H groups in total. The summed E-state index contributed by atoms with van der Waals surface area (Å²) < 4.78 is 11.6. The quantitative estimate of drug-likeness (QED) is 0.149. The molecule has 1 aliphatic carbocycles. The van der Waals surface area contributed by atoms with Crippen LogP contribution in [0.3, 0.4) is 0 Å². The number of allylic oxidation sites excluding steroid dienone is 2. The fourth-order valence-electron chi connectivity index (χ4n) is 4.38. The first-order valence-electron chi connectivity index (χ1n) is 13.0. The number of hydrogen-bond donors (Lipinski definition) is 4. The van der Waals surface area contributed by atoms with Crippen molar-refractivity contribution in [3.63, 3.8) is 0 Å². The number of nitrogens with one attached hydrogen (secondary N) is 4. The Morgan fingerprint density at radius 1 is 0.579 bits per heavy atom. The summed E-state index contributed by atoms with van der Waals surface area (Å²) in [5, 5.41) is 15.0. The van der Waals surface area contributed by atoms with Crippen LogP contribution in [0.1, 0.15) is 24.4 Å². The molecular weight excluding hydrogens is 480 g/mol. The van der Waals surface area contributed by atoms with Crippen LogP contribution < -0.4 is 21.3 Å². The summed E-state index contributed by atoms with van der Waals surface area (Å²) >= 11 is 0.